The maximum absolute atomic E-state index is 5.94. The van der Waals surface area contributed by atoms with E-state index in [-0.39, 0.29) is 0 Å². The first-order valence-corrected chi connectivity index (χ1v) is 5.10. The van der Waals surface area contributed by atoms with Crippen molar-refractivity contribution >= 4 is 44.1 Å². The number of nitrogens with two attached hydrogens (primary N) is 1. The zero-order valence-electron chi connectivity index (χ0n) is 7.09. The van der Waals surface area contributed by atoms with Crippen molar-refractivity contribution in [2.75, 3.05) is 5.43 Å². The van der Waals surface area contributed by atoms with Crippen LogP contribution in [0.5, 0.6) is 0 Å². The molecule has 2 rings (SSSR count). The highest BCUT2D eigenvalue weighted by atomic mass is 79.9. The number of benzene rings is 1. The molecule has 0 saturated carbocycles. The minimum Gasteiger partial charge on any atom is -0.323 e. The average Bonchev–Trinajstić information content (AvgIpc) is 2.23. The molecule has 0 amide bonds. The SMILES string of the molecule is NNc1ccnc2c(Br)c(Cl)ccc12. The average molecular weight is 273 g/mol. The van der Waals surface area contributed by atoms with Gasteiger partial charge in [-0.25, -0.2) is 0 Å². The van der Waals surface area contributed by atoms with Crippen LogP contribution in [0.15, 0.2) is 28.9 Å². The van der Waals surface area contributed by atoms with Gasteiger partial charge in [0.15, 0.2) is 0 Å². The number of halogens is 2. The van der Waals surface area contributed by atoms with Crippen molar-refractivity contribution in [3.63, 3.8) is 0 Å². The Balaban J connectivity index is 2.86. The summed E-state index contributed by atoms with van der Waals surface area (Å²) in [4.78, 5) is 4.22. The van der Waals surface area contributed by atoms with Gasteiger partial charge in [0, 0.05) is 11.6 Å². The highest BCUT2D eigenvalue weighted by Crippen LogP contribution is 2.32. The van der Waals surface area contributed by atoms with Crippen LogP contribution in [0.4, 0.5) is 5.69 Å². The topological polar surface area (TPSA) is 50.9 Å². The van der Waals surface area contributed by atoms with E-state index in [2.05, 4.69) is 26.3 Å². The summed E-state index contributed by atoms with van der Waals surface area (Å²) >= 11 is 9.33. The smallest absolute Gasteiger partial charge is 0.0880 e. The fourth-order valence-electron chi connectivity index (χ4n) is 1.29. The number of fused-ring (bicyclic) bond motifs is 1. The minimum atomic E-state index is 0.638. The number of hydrogen-bond donors (Lipinski definition) is 2. The van der Waals surface area contributed by atoms with Crippen LogP contribution in [0, 0.1) is 0 Å². The van der Waals surface area contributed by atoms with Crippen LogP contribution in [-0.4, -0.2) is 4.98 Å². The molecule has 14 heavy (non-hydrogen) atoms. The van der Waals surface area contributed by atoms with Gasteiger partial charge in [-0.15, -0.1) is 0 Å². The van der Waals surface area contributed by atoms with Crippen LogP contribution < -0.4 is 11.3 Å². The van der Waals surface area contributed by atoms with Gasteiger partial charge in [-0.3, -0.25) is 10.8 Å². The zero-order chi connectivity index (χ0) is 10.1. The molecule has 1 aromatic carbocycles. The minimum absolute atomic E-state index is 0.638. The molecule has 0 bridgehead atoms. The van der Waals surface area contributed by atoms with Crippen LogP contribution in [0.2, 0.25) is 5.02 Å². The number of nitrogen functional groups attached to an aromatic ring is 1. The molecular formula is C9H7BrClN3. The van der Waals surface area contributed by atoms with Gasteiger partial charge in [0.2, 0.25) is 0 Å². The van der Waals surface area contributed by atoms with Crippen molar-refractivity contribution in [1.82, 2.24) is 4.98 Å². The Bertz CT molecular complexity index is 487. The van der Waals surface area contributed by atoms with Gasteiger partial charge < -0.3 is 5.43 Å². The molecule has 0 saturated heterocycles. The van der Waals surface area contributed by atoms with E-state index in [1.165, 1.54) is 0 Å². The second kappa shape index (κ2) is 3.73. The summed E-state index contributed by atoms with van der Waals surface area (Å²) in [7, 11) is 0. The third-order valence-corrected chi connectivity index (χ3v) is 3.31. The van der Waals surface area contributed by atoms with E-state index in [9.17, 15) is 0 Å². The first kappa shape index (κ1) is 9.71. The number of anilines is 1. The molecule has 72 valence electrons. The highest BCUT2D eigenvalue weighted by molar-refractivity contribution is 9.10. The Hall–Kier alpha value is -0.840. The van der Waals surface area contributed by atoms with E-state index < -0.39 is 0 Å². The molecule has 0 radical (unpaired) electrons. The molecule has 5 heteroatoms. The van der Waals surface area contributed by atoms with Crippen LogP contribution in [0.3, 0.4) is 0 Å². The number of hydrazine groups is 1. The van der Waals surface area contributed by atoms with E-state index in [1.54, 1.807) is 12.3 Å². The molecule has 3 N–H and O–H groups in total. The van der Waals surface area contributed by atoms with E-state index in [0.717, 1.165) is 21.1 Å². The standard InChI is InChI=1S/C9H7BrClN3/c10-8-6(11)2-1-5-7(14-12)3-4-13-9(5)8/h1-4H,12H2,(H,13,14). The van der Waals surface area contributed by atoms with Gasteiger partial charge in [-0.2, -0.15) is 0 Å². The molecule has 0 unspecified atom stereocenters. The molecule has 0 aliphatic rings. The maximum atomic E-state index is 5.94. The number of nitrogens with one attached hydrogen (secondary N) is 1. The second-order valence-electron chi connectivity index (χ2n) is 2.76. The van der Waals surface area contributed by atoms with Crippen molar-refractivity contribution < 1.29 is 0 Å². The van der Waals surface area contributed by atoms with Gasteiger partial charge in [-0.05, 0) is 34.1 Å². The van der Waals surface area contributed by atoms with Crippen molar-refractivity contribution in [1.29, 1.82) is 0 Å². The Morgan fingerprint density at radius 1 is 1.36 bits per heavy atom. The van der Waals surface area contributed by atoms with Crippen molar-refractivity contribution in [3.8, 4) is 0 Å². The number of pyridine rings is 1. The molecule has 0 aliphatic heterocycles. The Morgan fingerprint density at radius 2 is 2.14 bits per heavy atom. The molecule has 1 heterocycles. The lowest BCUT2D eigenvalue weighted by Gasteiger charge is -2.06. The van der Waals surface area contributed by atoms with Crippen molar-refractivity contribution in [2.45, 2.75) is 0 Å². The number of nitrogens with zero attached hydrogens (tertiary/aromatic N) is 1. The van der Waals surface area contributed by atoms with Crippen LogP contribution in [-0.2, 0) is 0 Å². The highest BCUT2D eigenvalue weighted by Gasteiger charge is 2.06. The second-order valence-corrected chi connectivity index (χ2v) is 3.96. The first-order valence-electron chi connectivity index (χ1n) is 3.93. The molecule has 0 spiro atoms. The van der Waals surface area contributed by atoms with E-state index in [1.807, 2.05) is 12.1 Å². The summed E-state index contributed by atoms with van der Waals surface area (Å²) in [6.07, 6.45) is 1.68. The lowest BCUT2D eigenvalue weighted by molar-refractivity contribution is 1.33. The summed E-state index contributed by atoms with van der Waals surface area (Å²) < 4.78 is 0.786. The third-order valence-electron chi connectivity index (χ3n) is 1.96. The molecule has 0 fully saturated rings. The fraction of sp³-hybridized carbons (Fsp3) is 0. The third kappa shape index (κ3) is 1.45. The molecule has 1 aromatic heterocycles. The largest absolute Gasteiger partial charge is 0.323 e. The zero-order valence-corrected chi connectivity index (χ0v) is 9.43. The fourth-order valence-corrected chi connectivity index (χ4v) is 1.89. The summed E-state index contributed by atoms with van der Waals surface area (Å²) in [5.41, 5.74) is 4.24. The van der Waals surface area contributed by atoms with Gasteiger partial charge in [0.25, 0.3) is 0 Å². The van der Waals surface area contributed by atoms with Crippen LogP contribution in [0.1, 0.15) is 0 Å². The Labute approximate surface area is 94.4 Å². The number of hydrogen-bond acceptors (Lipinski definition) is 3. The van der Waals surface area contributed by atoms with Crippen LogP contribution in [0.25, 0.3) is 10.9 Å². The summed E-state index contributed by atoms with van der Waals surface area (Å²) in [6.45, 7) is 0. The summed E-state index contributed by atoms with van der Waals surface area (Å²) in [5.74, 6) is 5.38. The predicted molar refractivity (Wildman–Crippen MR) is 62.3 cm³/mol. The normalized spacial score (nSPS) is 10.5. The maximum Gasteiger partial charge on any atom is 0.0880 e. The molecular weight excluding hydrogens is 265 g/mol. The molecule has 3 nitrogen and oxygen atoms in total. The number of rotatable bonds is 1. The lowest BCUT2D eigenvalue weighted by atomic mass is 10.2. The van der Waals surface area contributed by atoms with Gasteiger partial charge in [-0.1, -0.05) is 11.6 Å². The van der Waals surface area contributed by atoms with Crippen molar-refractivity contribution in [2.24, 2.45) is 5.84 Å². The molecule has 2 aromatic rings. The molecule has 0 atom stereocenters. The Kier molecular flexibility index (Phi) is 2.58. The monoisotopic (exact) mass is 271 g/mol. The quantitative estimate of drug-likeness (QED) is 0.620. The van der Waals surface area contributed by atoms with Crippen molar-refractivity contribution in [3.05, 3.63) is 33.9 Å². The first-order chi connectivity index (χ1) is 6.74. The Morgan fingerprint density at radius 3 is 2.86 bits per heavy atom. The summed E-state index contributed by atoms with van der Waals surface area (Å²) in [6, 6.07) is 5.49. The van der Waals surface area contributed by atoms with Gasteiger partial charge in [0.05, 0.1) is 20.7 Å². The van der Waals surface area contributed by atoms with Gasteiger partial charge in [0.1, 0.15) is 0 Å². The van der Waals surface area contributed by atoms with Gasteiger partial charge >= 0.3 is 0 Å². The summed E-state index contributed by atoms with van der Waals surface area (Å²) in [5, 5.41) is 1.57. The number of aromatic nitrogens is 1. The predicted octanol–water partition coefficient (Wildman–Crippen LogP) is 2.94. The van der Waals surface area contributed by atoms with E-state index >= 15 is 0 Å². The molecule has 0 aliphatic carbocycles. The van der Waals surface area contributed by atoms with Crippen LogP contribution >= 0.6 is 27.5 Å². The lowest BCUT2D eigenvalue weighted by Crippen LogP contribution is -2.07. The van der Waals surface area contributed by atoms with E-state index in [4.69, 9.17) is 17.4 Å². The van der Waals surface area contributed by atoms with E-state index in [0.29, 0.717) is 5.02 Å².